The van der Waals surface area contributed by atoms with Gasteiger partial charge in [-0.05, 0) is 32.1 Å². The van der Waals surface area contributed by atoms with Crippen LogP contribution < -0.4 is 0 Å². The Kier molecular flexibility index (Phi) is 12.6. The van der Waals surface area contributed by atoms with Crippen molar-refractivity contribution in [1.29, 1.82) is 0 Å². The van der Waals surface area contributed by atoms with Crippen molar-refractivity contribution in [2.45, 2.75) is 117 Å². The Morgan fingerprint density at radius 3 is 2.17 bits per heavy atom. The molecule has 1 heterocycles. The van der Waals surface area contributed by atoms with Crippen molar-refractivity contribution in [3.8, 4) is 0 Å². The highest BCUT2D eigenvalue weighted by molar-refractivity contribution is 5.09. The van der Waals surface area contributed by atoms with Crippen LogP contribution in [-0.2, 0) is 4.74 Å². The van der Waals surface area contributed by atoms with Crippen molar-refractivity contribution in [2.24, 2.45) is 17.8 Å². The SMILES string of the molecule is C/C=C(/C)C(C[C@H](CCCC)[C@@H](C)CCCCC)[C@H]1OC(CO)C(O)C(O)C1O. The topological polar surface area (TPSA) is 90.2 Å². The van der Waals surface area contributed by atoms with E-state index < -0.39 is 30.5 Å². The van der Waals surface area contributed by atoms with Crippen molar-refractivity contribution in [3.05, 3.63) is 11.6 Å². The van der Waals surface area contributed by atoms with Crippen LogP contribution in [0.25, 0.3) is 0 Å². The summed E-state index contributed by atoms with van der Waals surface area (Å²) in [4.78, 5) is 0. The van der Waals surface area contributed by atoms with E-state index in [1.807, 2.05) is 19.9 Å². The van der Waals surface area contributed by atoms with Gasteiger partial charge in [-0.15, -0.1) is 0 Å². The fraction of sp³-hybridized carbons (Fsp3) is 0.917. The van der Waals surface area contributed by atoms with Crippen molar-refractivity contribution >= 4 is 0 Å². The van der Waals surface area contributed by atoms with E-state index >= 15 is 0 Å². The highest BCUT2D eigenvalue weighted by Crippen LogP contribution is 2.38. The summed E-state index contributed by atoms with van der Waals surface area (Å²) in [6.45, 7) is 10.4. The second kappa shape index (κ2) is 13.8. The maximum Gasteiger partial charge on any atom is 0.111 e. The van der Waals surface area contributed by atoms with Crippen LogP contribution in [0.5, 0.6) is 0 Å². The van der Waals surface area contributed by atoms with Crippen LogP contribution in [0.15, 0.2) is 11.6 Å². The monoisotopic (exact) mass is 414 g/mol. The minimum atomic E-state index is -1.31. The van der Waals surface area contributed by atoms with E-state index in [9.17, 15) is 20.4 Å². The molecule has 5 nitrogen and oxygen atoms in total. The summed E-state index contributed by atoms with van der Waals surface area (Å²) in [5.41, 5.74) is 1.12. The van der Waals surface area contributed by atoms with Gasteiger partial charge in [0.1, 0.15) is 24.4 Å². The summed E-state index contributed by atoms with van der Waals surface area (Å²) in [6, 6.07) is 0. The van der Waals surface area contributed by atoms with Crippen LogP contribution in [0.4, 0.5) is 0 Å². The van der Waals surface area contributed by atoms with Gasteiger partial charge in [0.2, 0.25) is 0 Å². The maximum atomic E-state index is 10.7. The third-order valence-corrected chi connectivity index (χ3v) is 6.92. The molecule has 1 aliphatic heterocycles. The predicted molar refractivity (Wildman–Crippen MR) is 118 cm³/mol. The average Bonchev–Trinajstić information content (AvgIpc) is 2.72. The highest BCUT2D eigenvalue weighted by Gasteiger charge is 2.46. The zero-order valence-electron chi connectivity index (χ0n) is 19.3. The first-order valence-electron chi connectivity index (χ1n) is 11.7. The van der Waals surface area contributed by atoms with Crippen LogP contribution in [0.3, 0.4) is 0 Å². The lowest BCUT2D eigenvalue weighted by atomic mass is 9.74. The van der Waals surface area contributed by atoms with E-state index in [0.717, 1.165) is 24.8 Å². The van der Waals surface area contributed by atoms with Crippen molar-refractivity contribution in [3.63, 3.8) is 0 Å². The van der Waals surface area contributed by atoms with Gasteiger partial charge in [-0.2, -0.15) is 0 Å². The van der Waals surface area contributed by atoms with Crippen molar-refractivity contribution in [1.82, 2.24) is 0 Å². The summed E-state index contributed by atoms with van der Waals surface area (Å²) in [5.74, 6) is 1.05. The largest absolute Gasteiger partial charge is 0.394 e. The first-order valence-corrected chi connectivity index (χ1v) is 11.7. The number of aliphatic hydroxyl groups is 4. The number of rotatable bonds is 13. The number of hydrogen-bond donors (Lipinski definition) is 4. The standard InChI is InChI=1S/C24H46O5/c1-6-9-11-12-17(5)18(13-10-7-2)14-19(16(4)8-3)24-23(28)22(27)21(26)20(15-25)29-24/h8,17-28H,6-7,9-15H2,1-5H3/b16-8-/t17-,18-,19?,20?,21?,22?,23?,24+/m0/s1. The van der Waals surface area contributed by atoms with E-state index in [0.29, 0.717) is 11.8 Å². The lowest BCUT2D eigenvalue weighted by Crippen LogP contribution is -2.60. The highest BCUT2D eigenvalue weighted by atomic mass is 16.5. The first-order chi connectivity index (χ1) is 13.8. The normalized spacial score (nSPS) is 31.5. The van der Waals surface area contributed by atoms with E-state index in [4.69, 9.17) is 4.74 Å². The van der Waals surface area contributed by atoms with Gasteiger partial charge in [0.05, 0.1) is 12.7 Å². The fourth-order valence-corrected chi connectivity index (χ4v) is 4.64. The summed E-state index contributed by atoms with van der Waals surface area (Å²) >= 11 is 0. The van der Waals surface area contributed by atoms with E-state index in [1.54, 1.807) is 0 Å². The Hall–Kier alpha value is -0.460. The first kappa shape index (κ1) is 26.6. The van der Waals surface area contributed by atoms with Crippen LogP contribution in [0.1, 0.15) is 86.0 Å². The van der Waals surface area contributed by atoms with Gasteiger partial charge in [-0.25, -0.2) is 0 Å². The molecule has 1 fully saturated rings. The summed E-state index contributed by atoms with van der Waals surface area (Å²) in [6.07, 6.45) is 6.08. The van der Waals surface area contributed by atoms with Crippen LogP contribution >= 0.6 is 0 Å². The molecule has 0 aromatic carbocycles. The smallest absolute Gasteiger partial charge is 0.111 e. The molecule has 0 spiro atoms. The molecule has 0 bridgehead atoms. The molecule has 8 atom stereocenters. The van der Waals surface area contributed by atoms with E-state index in [1.165, 1.54) is 32.1 Å². The van der Waals surface area contributed by atoms with Crippen molar-refractivity contribution < 1.29 is 25.2 Å². The molecule has 1 rings (SSSR count). The minimum Gasteiger partial charge on any atom is -0.394 e. The number of aliphatic hydroxyl groups excluding tert-OH is 4. The van der Waals surface area contributed by atoms with Crippen LogP contribution in [0, 0.1) is 17.8 Å². The Morgan fingerprint density at radius 2 is 1.62 bits per heavy atom. The Bertz CT molecular complexity index is 464. The number of unbranched alkanes of at least 4 members (excludes halogenated alkanes) is 3. The molecule has 0 saturated carbocycles. The molecule has 0 aliphatic carbocycles. The number of ether oxygens (including phenoxy) is 1. The second-order valence-electron chi connectivity index (χ2n) is 9.04. The molecule has 0 amide bonds. The van der Waals surface area contributed by atoms with Gasteiger partial charge in [0.15, 0.2) is 0 Å². The molecule has 0 aromatic heterocycles. The van der Waals surface area contributed by atoms with Gasteiger partial charge < -0.3 is 25.2 Å². The Balaban J connectivity index is 3.04. The van der Waals surface area contributed by atoms with Crippen molar-refractivity contribution in [2.75, 3.05) is 6.61 Å². The van der Waals surface area contributed by atoms with Gasteiger partial charge in [-0.3, -0.25) is 0 Å². The molecule has 172 valence electrons. The summed E-state index contributed by atoms with van der Waals surface area (Å²) in [7, 11) is 0. The van der Waals surface area contributed by atoms with Crippen LogP contribution in [0.2, 0.25) is 0 Å². The summed E-state index contributed by atoms with van der Waals surface area (Å²) in [5, 5.41) is 40.7. The summed E-state index contributed by atoms with van der Waals surface area (Å²) < 4.78 is 5.95. The minimum absolute atomic E-state index is 0.0540. The van der Waals surface area contributed by atoms with Crippen LogP contribution in [-0.4, -0.2) is 57.6 Å². The molecule has 1 saturated heterocycles. The lowest BCUT2D eigenvalue weighted by molar-refractivity contribution is -0.239. The van der Waals surface area contributed by atoms with Gasteiger partial charge >= 0.3 is 0 Å². The predicted octanol–water partition coefficient (Wildman–Crippen LogP) is 3.82. The average molecular weight is 415 g/mol. The molecular formula is C24H46O5. The maximum absolute atomic E-state index is 10.7. The molecule has 5 heteroatoms. The second-order valence-corrected chi connectivity index (χ2v) is 9.04. The molecular weight excluding hydrogens is 368 g/mol. The zero-order valence-corrected chi connectivity index (χ0v) is 19.3. The molecule has 1 aliphatic rings. The zero-order chi connectivity index (χ0) is 22.0. The molecule has 4 N–H and O–H groups in total. The Morgan fingerprint density at radius 1 is 0.966 bits per heavy atom. The number of hydrogen-bond acceptors (Lipinski definition) is 5. The fourth-order valence-electron chi connectivity index (χ4n) is 4.64. The molecule has 29 heavy (non-hydrogen) atoms. The number of allylic oxidation sites excluding steroid dienone is 1. The van der Waals surface area contributed by atoms with E-state index in [-0.39, 0.29) is 12.5 Å². The third-order valence-electron chi connectivity index (χ3n) is 6.92. The van der Waals surface area contributed by atoms with Gasteiger partial charge in [0, 0.05) is 5.92 Å². The van der Waals surface area contributed by atoms with Gasteiger partial charge in [0.25, 0.3) is 0 Å². The molecule has 0 aromatic rings. The Labute approximate surface area is 178 Å². The van der Waals surface area contributed by atoms with Gasteiger partial charge in [-0.1, -0.05) is 77.4 Å². The lowest BCUT2D eigenvalue weighted by Gasteiger charge is -2.44. The molecule has 5 unspecified atom stereocenters. The third kappa shape index (κ3) is 7.62. The quantitative estimate of drug-likeness (QED) is 0.272. The van der Waals surface area contributed by atoms with E-state index in [2.05, 4.69) is 20.8 Å². The molecule has 0 radical (unpaired) electrons.